The number of hydrogen-bond acceptors (Lipinski definition) is 7. The number of benzene rings is 3. The summed E-state index contributed by atoms with van der Waals surface area (Å²) >= 11 is 0. The lowest BCUT2D eigenvalue weighted by Crippen LogP contribution is -2.33. The topological polar surface area (TPSA) is 110 Å². The summed E-state index contributed by atoms with van der Waals surface area (Å²) in [5.41, 5.74) is 2.78. The molecule has 0 aliphatic carbocycles. The molecule has 0 bridgehead atoms. The monoisotopic (exact) mass is 488 g/mol. The Bertz CT molecular complexity index is 1380. The first-order valence-corrected chi connectivity index (χ1v) is 12.3. The minimum atomic E-state index is -3.68. The van der Waals surface area contributed by atoms with E-state index in [9.17, 15) is 13.2 Å². The Balaban J connectivity index is 1.49. The van der Waals surface area contributed by atoms with Crippen molar-refractivity contribution in [2.75, 3.05) is 17.1 Å². The van der Waals surface area contributed by atoms with Crippen molar-refractivity contribution >= 4 is 27.6 Å². The summed E-state index contributed by atoms with van der Waals surface area (Å²) in [6.45, 7) is 0. The summed E-state index contributed by atoms with van der Waals surface area (Å²) in [6.07, 6.45) is 2.00. The lowest BCUT2D eigenvalue weighted by molar-refractivity contribution is -0.141. The molecule has 0 radical (unpaired) electrons. The van der Waals surface area contributed by atoms with Gasteiger partial charge in [0.25, 0.3) is 10.0 Å². The molecule has 1 aromatic heterocycles. The van der Waals surface area contributed by atoms with Crippen LogP contribution in [0, 0.1) is 0 Å². The van der Waals surface area contributed by atoms with Crippen molar-refractivity contribution in [1.82, 2.24) is 9.97 Å². The standard InChI is InChI=1S/C26H24N4O4S/c1-34-25(31)24(18-19-8-4-2-5-9-19)29-26-27-17-16-23(28-26)20-12-14-21(15-13-20)30-35(32,33)22-10-6-3-7-11-22/h2-17,24,30H,18H2,1H3,(H,27,28,29). The van der Waals surface area contributed by atoms with Crippen LogP contribution in [0.4, 0.5) is 11.6 Å². The van der Waals surface area contributed by atoms with Gasteiger partial charge in [0.2, 0.25) is 5.95 Å². The molecular formula is C26H24N4O4S. The molecule has 1 heterocycles. The highest BCUT2D eigenvalue weighted by Crippen LogP contribution is 2.22. The summed E-state index contributed by atoms with van der Waals surface area (Å²) in [5, 5.41) is 3.06. The summed E-state index contributed by atoms with van der Waals surface area (Å²) in [7, 11) is -2.34. The van der Waals surface area contributed by atoms with Crippen LogP contribution in [0.2, 0.25) is 0 Å². The zero-order valence-electron chi connectivity index (χ0n) is 19.0. The van der Waals surface area contributed by atoms with Crippen LogP contribution in [0.25, 0.3) is 11.3 Å². The molecule has 0 amide bonds. The Kier molecular flexibility index (Phi) is 7.37. The molecule has 35 heavy (non-hydrogen) atoms. The highest BCUT2D eigenvalue weighted by molar-refractivity contribution is 7.92. The molecule has 9 heteroatoms. The third kappa shape index (κ3) is 6.21. The second kappa shape index (κ2) is 10.8. The van der Waals surface area contributed by atoms with Gasteiger partial charge >= 0.3 is 5.97 Å². The molecule has 1 atom stereocenters. The second-order valence-electron chi connectivity index (χ2n) is 7.67. The zero-order chi connectivity index (χ0) is 24.7. The molecule has 4 rings (SSSR count). The van der Waals surface area contributed by atoms with E-state index in [4.69, 9.17) is 4.74 Å². The van der Waals surface area contributed by atoms with Crippen LogP contribution >= 0.6 is 0 Å². The number of methoxy groups -OCH3 is 1. The molecule has 2 N–H and O–H groups in total. The van der Waals surface area contributed by atoms with Crippen molar-refractivity contribution < 1.29 is 17.9 Å². The molecule has 0 aliphatic heterocycles. The third-order valence-corrected chi connectivity index (χ3v) is 6.61. The normalized spacial score (nSPS) is 11.9. The van der Waals surface area contributed by atoms with Gasteiger partial charge in [0, 0.05) is 23.9 Å². The van der Waals surface area contributed by atoms with Gasteiger partial charge in [0.15, 0.2) is 0 Å². The fourth-order valence-electron chi connectivity index (χ4n) is 3.45. The van der Waals surface area contributed by atoms with E-state index in [1.165, 1.54) is 19.2 Å². The Morgan fingerprint density at radius 1 is 0.914 bits per heavy atom. The number of carbonyl (C=O) groups is 1. The molecule has 8 nitrogen and oxygen atoms in total. The molecule has 0 spiro atoms. The minimum absolute atomic E-state index is 0.186. The van der Waals surface area contributed by atoms with Crippen LogP contribution in [0.3, 0.4) is 0 Å². The Labute approximate surface area is 204 Å². The van der Waals surface area contributed by atoms with Gasteiger partial charge in [-0.3, -0.25) is 4.72 Å². The maximum atomic E-state index is 12.5. The van der Waals surface area contributed by atoms with Gasteiger partial charge in [-0.1, -0.05) is 60.7 Å². The predicted molar refractivity (Wildman–Crippen MR) is 134 cm³/mol. The number of nitrogens with one attached hydrogen (secondary N) is 2. The lowest BCUT2D eigenvalue weighted by atomic mass is 10.1. The first-order chi connectivity index (χ1) is 16.9. The number of anilines is 2. The van der Waals surface area contributed by atoms with Crippen molar-refractivity contribution in [3.05, 3.63) is 103 Å². The fraction of sp³-hybridized carbons (Fsp3) is 0.115. The molecule has 4 aromatic rings. The van der Waals surface area contributed by atoms with Crippen molar-refractivity contribution in [3.8, 4) is 11.3 Å². The summed E-state index contributed by atoms with van der Waals surface area (Å²) in [6, 6.07) is 25.7. The van der Waals surface area contributed by atoms with E-state index >= 15 is 0 Å². The summed E-state index contributed by atoms with van der Waals surface area (Å²) < 4.78 is 32.6. The number of nitrogens with zero attached hydrogens (tertiary/aromatic N) is 2. The molecule has 0 saturated carbocycles. The largest absolute Gasteiger partial charge is 0.467 e. The Morgan fingerprint density at radius 3 is 2.23 bits per heavy atom. The van der Waals surface area contributed by atoms with Crippen molar-refractivity contribution in [2.45, 2.75) is 17.4 Å². The van der Waals surface area contributed by atoms with E-state index in [0.29, 0.717) is 17.8 Å². The van der Waals surface area contributed by atoms with Crippen LogP contribution in [0.15, 0.2) is 102 Å². The molecule has 0 aliphatic rings. The van der Waals surface area contributed by atoms with Gasteiger partial charge in [-0.15, -0.1) is 0 Å². The number of aromatic nitrogens is 2. The molecular weight excluding hydrogens is 464 g/mol. The molecule has 0 saturated heterocycles. The van der Waals surface area contributed by atoms with Gasteiger partial charge in [-0.05, 0) is 35.9 Å². The van der Waals surface area contributed by atoms with Crippen LogP contribution < -0.4 is 10.0 Å². The van der Waals surface area contributed by atoms with Gasteiger partial charge in [0.05, 0.1) is 17.7 Å². The average Bonchev–Trinajstić information content (AvgIpc) is 2.89. The first kappa shape index (κ1) is 23.9. The number of carbonyl (C=O) groups excluding carboxylic acids is 1. The van der Waals surface area contributed by atoms with E-state index in [-0.39, 0.29) is 10.8 Å². The van der Waals surface area contributed by atoms with E-state index in [0.717, 1.165) is 11.1 Å². The van der Waals surface area contributed by atoms with Crippen LogP contribution in [0.5, 0.6) is 0 Å². The summed E-state index contributed by atoms with van der Waals surface area (Å²) in [4.78, 5) is 21.3. The summed E-state index contributed by atoms with van der Waals surface area (Å²) in [5.74, 6) is -0.138. The lowest BCUT2D eigenvalue weighted by Gasteiger charge is -2.17. The van der Waals surface area contributed by atoms with Gasteiger partial charge in [0.1, 0.15) is 6.04 Å². The van der Waals surface area contributed by atoms with Crippen molar-refractivity contribution in [2.24, 2.45) is 0 Å². The van der Waals surface area contributed by atoms with E-state index in [1.807, 2.05) is 30.3 Å². The Morgan fingerprint density at radius 2 is 1.57 bits per heavy atom. The molecule has 1 unspecified atom stereocenters. The molecule has 3 aromatic carbocycles. The third-order valence-electron chi connectivity index (χ3n) is 5.21. The van der Waals surface area contributed by atoms with E-state index < -0.39 is 22.0 Å². The van der Waals surface area contributed by atoms with Crippen LogP contribution in [0.1, 0.15) is 5.56 Å². The minimum Gasteiger partial charge on any atom is -0.467 e. The van der Waals surface area contributed by atoms with E-state index in [2.05, 4.69) is 20.0 Å². The number of sulfonamides is 1. The average molecular weight is 489 g/mol. The maximum Gasteiger partial charge on any atom is 0.328 e. The van der Waals surface area contributed by atoms with Gasteiger partial charge in [-0.25, -0.2) is 23.2 Å². The molecule has 178 valence electrons. The predicted octanol–water partition coefficient (Wildman–Crippen LogP) is 4.14. The van der Waals surface area contributed by atoms with Crippen molar-refractivity contribution in [3.63, 3.8) is 0 Å². The van der Waals surface area contributed by atoms with Gasteiger partial charge < -0.3 is 10.1 Å². The van der Waals surface area contributed by atoms with Gasteiger partial charge in [-0.2, -0.15) is 0 Å². The number of rotatable bonds is 9. The fourth-order valence-corrected chi connectivity index (χ4v) is 4.53. The number of ether oxygens (including phenoxy) is 1. The Hall–Kier alpha value is -4.24. The number of esters is 1. The van der Waals surface area contributed by atoms with Crippen molar-refractivity contribution in [1.29, 1.82) is 0 Å². The first-order valence-electron chi connectivity index (χ1n) is 10.8. The molecule has 0 fully saturated rings. The highest BCUT2D eigenvalue weighted by atomic mass is 32.2. The SMILES string of the molecule is COC(=O)C(Cc1ccccc1)Nc1nccc(-c2ccc(NS(=O)(=O)c3ccccc3)cc2)n1. The van der Waals surface area contributed by atoms with E-state index in [1.54, 1.807) is 54.7 Å². The smallest absolute Gasteiger partial charge is 0.328 e. The van der Waals surface area contributed by atoms with Crippen LogP contribution in [-0.2, 0) is 26.0 Å². The zero-order valence-corrected chi connectivity index (χ0v) is 19.8. The maximum absolute atomic E-state index is 12.5. The quantitative estimate of drug-likeness (QED) is 0.341. The highest BCUT2D eigenvalue weighted by Gasteiger charge is 2.21. The number of hydrogen-bond donors (Lipinski definition) is 2. The van der Waals surface area contributed by atoms with Crippen LogP contribution in [-0.4, -0.2) is 37.5 Å². The second-order valence-corrected chi connectivity index (χ2v) is 9.35.